The van der Waals surface area contributed by atoms with Crippen LogP contribution in [0.5, 0.6) is 0 Å². The van der Waals surface area contributed by atoms with Gasteiger partial charge in [-0.1, -0.05) is 30.3 Å². The minimum absolute atomic E-state index is 0.389. The van der Waals surface area contributed by atoms with E-state index in [-0.39, 0.29) is 0 Å². The van der Waals surface area contributed by atoms with Gasteiger partial charge >= 0.3 is 7.12 Å². The quantitative estimate of drug-likeness (QED) is 0.417. The fraction of sp³-hybridized carbons (Fsp3) is 0.385. The maximum atomic E-state index is 8.77. The molecule has 0 radical (unpaired) electrons. The molecule has 5 heteroatoms. The first-order valence-corrected chi connectivity index (χ1v) is 5.96. The molecule has 0 spiro atoms. The molecular weight excluding hydrogens is 231 g/mol. The highest BCUT2D eigenvalue weighted by Gasteiger charge is 2.08. The second kappa shape index (κ2) is 8.75. The lowest BCUT2D eigenvalue weighted by Crippen LogP contribution is -2.13. The molecule has 2 N–H and O–H groups in total. The average molecular weight is 250 g/mol. The van der Waals surface area contributed by atoms with Crippen LogP contribution in [-0.4, -0.2) is 30.4 Å². The Morgan fingerprint density at radius 3 is 2.61 bits per heavy atom. The fourth-order valence-electron chi connectivity index (χ4n) is 1.26. The molecule has 0 saturated carbocycles. The molecule has 4 nitrogen and oxygen atoms in total. The van der Waals surface area contributed by atoms with Gasteiger partial charge in [0.2, 0.25) is 0 Å². The number of hydrogen-bond acceptors (Lipinski definition) is 4. The minimum Gasteiger partial charge on any atom is -0.502 e. The molecule has 0 aliphatic carbocycles. The summed E-state index contributed by atoms with van der Waals surface area (Å²) in [6.45, 7) is 3.31. The predicted octanol–water partition coefficient (Wildman–Crippen LogP) is 1.53. The van der Waals surface area contributed by atoms with Crippen molar-refractivity contribution in [2.75, 3.05) is 13.2 Å². The first-order valence-electron chi connectivity index (χ1n) is 5.96. The lowest BCUT2D eigenvalue weighted by molar-refractivity contribution is 0.100. The average Bonchev–Trinajstić information content (AvgIpc) is 2.38. The van der Waals surface area contributed by atoms with Gasteiger partial charge in [0, 0.05) is 6.42 Å². The zero-order valence-electron chi connectivity index (χ0n) is 10.6. The van der Waals surface area contributed by atoms with E-state index in [1.807, 2.05) is 30.3 Å². The Hall–Kier alpha value is -1.30. The molecule has 18 heavy (non-hydrogen) atoms. The van der Waals surface area contributed by atoms with E-state index in [4.69, 9.17) is 19.5 Å². The van der Waals surface area contributed by atoms with Gasteiger partial charge in [-0.2, -0.15) is 0 Å². The summed E-state index contributed by atoms with van der Waals surface area (Å²) >= 11 is 0. The Bertz CT molecular complexity index is 351. The van der Waals surface area contributed by atoms with Gasteiger partial charge in [0.05, 0.1) is 26.1 Å². The van der Waals surface area contributed by atoms with Crippen LogP contribution < -0.4 is 0 Å². The summed E-state index contributed by atoms with van der Waals surface area (Å²) in [5.74, 6) is 0. The zero-order valence-corrected chi connectivity index (χ0v) is 10.6. The predicted molar refractivity (Wildman–Crippen MR) is 70.6 cm³/mol. The summed E-state index contributed by atoms with van der Waals surface area (Å²) < 4.78 is 10.6. The van der Waals surface area contributed by atoms with Crippen LogP contribution in [0, 0.1) is 0 Å². The van der Waals surface area contributed by atoms with E-state index in [1.54, 1.807) is 6.92 Å². The SMILES string of the molecule is C/C(=C/OCCCOCc1ccccc1)B(O)O. The molecule has 0 bridgehead atoms. The van der Waals surface area contributed by atoms with Crippen molar-refractivity contribution in [3.63, 3.8) is 0 Å². The van der Waals surface area contributed by atoms with Gasteiger partial charge in [-0.05, 0) is 18.0 Å². The number of benzene rings is 1. The fourth-order valence-corrected chi connectivity index (χ4v) is 1.26. The van der Waals surface area contributed by atoms with Gasteiger partial charge in [0.15, 0.2) is 0 Å². The molecule has 0 fully saturated rings. The molecule has 0 saturated heterocycles. The molecule has 0 unspecified atom stereocenters. The van der Waals surface area contributed by atoms with Gasteiger partial charge in [-0.25, -0.2) is 0 Å². The Labute approximate surface area is 108 Å². The van der Waals surface area contributed by atoms with Crippen LogP contribution in [0.4, 0.5) is 0 Å². The molecule has 0 heterocycles. The lowest BCUT2D eigenvalue weighted by atomic mass is 9.82. The molecule has 98 valence electrons. The molecule has 0 aliphatic heterocycles. The number of rotatable bonds is 8. The normalized spacial score (nSPS) is 11.4. The second-order valence-electron chi connectivity index (χ2n) is 4.00. The molecule has 0 aromatic heterocycles. The Balaban J connectivity index is 2.01. The van der Waals surface area contributed by atoms with Crippen LogP contribution in [0.2, 0.25) is 0 Å². The number of hydrogen-bond donors (Lipinski definition) is 2. The molecule has 1 aromatic carbocycles. The third kappa shape index (κ3) is 6.44. The van der Waals surface area contributed by atoms with Crippen LogP contribution in [0.15, 0.2) is 42.1 Å². The molecule has 0 amide bonds. The summed E-state index contributed by atoms with van der Waals surface area (Å²) in [4.78, 5) is 0. The minimum atomic E-state index is -1.45. The van der Waals surface area contributed by atoms with Crippen LogP contribution in [0.1, 0.15) is 18.9 Å². The first kappa shape index (κ1) is 14.8. The van der Waals surface area contributed by atoms with Gasteiger partial charge in [-0.3, -0.25) is 0 Å². The van der Waals surface area contributed by atoms with Crippen LogP contribution >= 0.6 is 0 Å². The second-order valence-corrected chi connectivity index (χ2v) is 4.00. The van der Waals surface area contributed by atoms with E-state index >= 15 is 0 Å². The highest BCUT2D eigenvalue weighted by Crippen LogP contribution is 2.01. The highest BCUT2D eigenvalue weighted by atomic mass is 16.5. The summed E-state index contributed by atoms with van der Waals surface area (Å²) in [6.07, 6.45) is 2.12. The highest BCUT2D eigenvalue weighted by molar-refractivity contribution is 6.50. The van der Waals surface area contributed by atoms with E-state index in [1.165, 1.54) is 6.26 Å². The maximum Gasteiger partial charge on any atom is 0.487 e. The van der Waals surface area contributed by atoms with Crippen molar-refractivity contribution >= 4 is 7.12 Å². The van der Waals surface area contributed by atoms with Crippen molar-refractivity contribution in [2.24, 2.45) is 0 Å². The topological polar surface area (TPSA) is 58.9 Å². The van der Waals surface area contributed by atoms with Gasteiger partial charge in [0.25, 0.3) is 0 Å². The van der Waals surface area contributed by atoms with Crippen molar-refractivity contribution < 1.29 is 19.5 Å². The van der Waals surface area contributed by atoms with E-state index < -0.39 is 7.12 Å². The zero-order chi connectivity index (χ0) is 13.2. The standard InChI is InChI=1S/C13H19BO4/c1-12(14(15)16)10-17-8-5-9-18-11-13-6-3-2-4-7-13/h2-4,6-7,10,15-16H,5,8-9,11H2,1H3/b12-10-. The van der Waals surface area contributed by atoms with Crippen molar-refractivity contribution in [1.82, 2.24) is 0 Å². The van der Waals surface area contributed by atoms with Crippen LogP contribution in [-0.2, 0) is 16.1 Å². The largest absolute Gasteiger partial charge is 0.502 e. The monoisotopic (exact) mass is 250 g/mol. The van der Waals surface area contributed by atoms with Crippen molar-refractivity contribution in [3.8, 4) is 0 Å². The Morgan fingerprint density at radius 1 is 1.22 bits per heavy atom. The molecular formula is C13H19BO4. The molecule has 0 atom stereocenters. The van der Waals surface area contributed by atoms with Gasteiger partial charge in [0.1, 0.15) is 0 Å². The van der Waals surface area contributed by atoms with E-state index in [0.717, 1.165) is 12.0 Å². The molecule has 1 rings (SSSR count). The van der Waals surface area contributed by atoms with E-state index in [9.17, 15) is 0 Å². The first-order chi connectivity index (χ1) is 8.70. The summed E-state index contributed by atoms with van der Waals surface area (Å²) in [7, 11) is -1.45. The van der Waals surface area contributed by atoms with E-state index in [2.05, 4.69) is 0 Å². The third-order valence-electron chi connectivity index (χ3n) is 2.34. The number of ether oxygens (including phenoxy) is 2. The van der Waals surface area contributed by atoms with Crippen molar-refractivity contribution in [3.05, 3.63) is 47.6 Å². The Morgan fingerprint density at radius 2 is 1.94 bits per heavy atom. The third-order valence-corrected chi connectivity index (χ3v) is 2.34. The molecule has 1 aromatic rings. The van der Waals surface area contributed by atoms with Gasteiger partial charge in [-0.15, -0.1) is 0 Å². The summed E-state index contributed by atoms with van der Waals surface area (Å²) in [5.41, 5.74) is 1.54. The smallest absolute Gasteiger partial charge is 0.487 e. The summed E-state index contributed by atoms with van der Waals surface area (Å²) in [6, 6.07) is 9.98. The van der Waals surface area contributed by atoms with Crippen LogP contribution in [0.3, 0.4) is 0 Å². The Kier molecular flexibility index (Phi) is 7.17. The summed E-state index contributed by atoms with van der Waals surface area (Å²) in [5, 5.41) is 17.5. The van der Waals surface area contributed by atoms with Crippen molar-refractivity contribution in [1.29, 1.82) is 0 Å². The maximum absolute atomic E-state index is 8.77. The number of allylic oxidation sites excluding steroid dienone is 1. The van der Waals surface area contributed by atoms with Gasteiger partial charge < -0.3 is 19.5 Å². The van der Waals surface area contributed by atoms with Crippen molar-refractivity contribution in [2.45, 2.75) is 20.0 Å². The molecule has 0 aliphatic rings. The van der Waals surface area contributed by atoms with Crippen LogP contribution in [0.25, 0.3) is 0 Å². The van der Waals surface area contributed by atoms with E-state index in [0.29, 0.717) is 25.3 Å². The lowest BCUT2D eigenvalue weighted by Gasteiger charge is -2.05.